The molecule has 25 heavy (non-hydrogen) atoms. The third kappa shape index (κ3) is 4.33. The zero-order valence-electron chi connectivity index (χ0n) is 14.9. The first-order valence-electron chi connectivity index (χ1n) is 8.93. The van der Waals surface area contributed by atoms with E-state index >= 15 is 0 Å². The van der Waals surface area contributed by atoms with Gasteiger partial charge < -0.3 is 16.0 Å². The van der Waals surface area contributed by atoms with Crippen LogP contribution in [0.5, 0.6) is 0 Å². The molecule has 2 unspecified atom stereocenters. The van der Waals surface area contributed by atoms with Crippen molar-refractivity contribution in [1.82, 2.24) is 5.32 Å². The molecular formula is C19H28ClN3O2. The summed E-state index contributed by atoms with van der Waals surface area (Å²) in [5, 5.41) is 2.99. The molecule has 1 heterocycles. The molecule has 2 fully saturated rings. The van der Waals surface area contributed by atoms with E-state index in [1.54, 1.807) is 4.90 Å². The average molecular weight is 366 g/mol. The van der Waals surface area contributed by atoms with Crippen LogP contribution in [-0.2, 0) is 9.59 Å². The fourth-order valence-corrected chi connectivity index (χ4v) is 3.37. The normalized spacial score (nSPS) is 21.2. The summed E-state index contributed by atoms with van der Waals surface area (Å²) >= 11 is 0. The van der Waals surface area contributed by atoms with Gasteiger partial charge in [-0.15, -0.1) is 12.4 Å². The number of rotatable bonds is 6. The van der Waals surface area contributed by atoms with Gasteiger partial charge >= 0.3 is 0 Å². The molecule has 0 bridgehead atoms. The van der Waals surface area contributed by atoms with E-state index in [1.807, 2.05) is 12.1 Å². The molecule has 0 radical (unpaired) electrons. The molecule has 1 aliphatic carbocycles. The summed E-state index contributed by atoms with van der Waals surface area (Å²) in [7, 11) is 0. The third-order valence-electron chi connectivity index (χ3n) is 5.17. The fourth-order valence-electron chi connectivity index (χ4n) is 3.37. The Bertz CT molecular complexity index is 614. The van der Waals surface area contributed by atoms with Gasteiger partial charge in [-0.2, -0.15) is 0 Å². The van der Waals surface area contributed by atoms with Gasteiger partial charge in [0.2, 0.25) is 11.8 Å². The highest BCUT2D eigenvalue weighted by atomic mass is 35.5. The number of hydrogen-bond donors (Lipinski definition) is 2. The van der Waals surface area contributed by atoms with Gasteiger partial charge in [-0.3, -0.25) is 9.59 Å². The Hall–Kier alpha value is -1.59. The number of carbonyl (C=O) groups excluding carboxylic acids is 2. The molecule has 2 amide bonds. The maximum atomic E-state index is 12.7. The molecule has 0 aromatic heterocycles. The first kappa shape index (κ1) is 19.7. The van der Waals surface area contributed by atoms with Crippen molar-refractivity contribution in [2.24, 2.45) is 17.6 Å². The summed E-state index contributed by atoms with van der Waals surface area (Å²) in [6, 6.07) is 8.07. The Morgan fingerprint density at radius 2 is 1.88 bits per heavy atom. The predicted octanol–water partition coefficient (Wildman–Crippen LogP) is 2.44. The first-order chi connectivity index (χ1) is 11.5. The van der Waals surface area contributed by atoms with E-state index < -0.39 is 5.92 Å². The van der Waals surface area contributed by atoms with Crippen LogP contribution < -0.4 is 16.0 Å². The first-order valence-corrected chi connectivity index (χ1v) is 8.93. The predicted molar refractivity (Wildman–Crippen MR) is 102 cm³/mol. The van der Waals surface area contributed by atoms with Crippen molar-refractivity contribution in [2.75, 3.05) is 18.0 Å². The molecule has 6 heteroatoms. The van der Waals surface area contributed by atoms with Crippen molar-refractivity contribution >= 4 is 29.9 Å². The zero-order valence-corrected chi connectivity index (χ0v) is 15.7. The van der Waals surface area contributed by atoms with E-state index in [4.69, 9.17) is 5.73 Å². The molecule has 138 valence electrons. The Labute approximate surface area is 155 Å². The van der Waals surface area contributed by atoms with Gasteiger partial charge in [0.25, 0.3) is 0 Å². The van der Waals surface area contributed by atoms with Crippen LogP contribution in [-0.4, -0.2) is 30.9 Å². The summed E-state index contributed by atoms with van der Waals surface area (Å²) in [6.07, 6.45) is 2.81. The van der Waals surface area contributed by atoms with Gasteiger partial charge in [0.15, 0.2) is 0 Å². The zero-order chi connectivity index (χ0) is 17.3. The number of anilines is 1. The lowest BCUT2D eigenvalue weighted by Crippen LogP contribution is -2.46. The van der Waals surface area contributed by atoms with Crippen molar-refractivity contribution in [3.05, 3.63) is 29.8 Å². The monoisotopic (exact) mass is 365 g/mol. The molecule has 3 rings (SSSR count). The topological polar surface area (TPSA) is 75.4 Å². The second kappa shape index (κ2) is 8.19. The highest BCUT2D eigenvalue weighted by molar-refractivity contribution is 6.09. The molecule has 1 saturated heterocycles. The van der Waals surface area contributed by atoms with Crippen LogP contribution in [0.15, 0.2) is 24.3 Å². The third-order valence-corrected chi connectivity index (χ3v) is 5.17. The van der Waals surface area contributed by atoms with Crippen molar-refractivity contribution in [3.63, 3.8) is 0 Å². The molecule has 2 atom stereocenters. The number of hydrogen-bond acceptors (Lipinski definition) is 3. The number of nitrogens with one attached hydrogen (secondary N) is 1. The van der Waals surface area contributed by atoms with E-state index in [9.17, 15) is 9.59 Å². The molecular weight excluding hydrogens is 338 g/mol. The summed E-state index contributed by atoms with van der Waals surface area (Å²) in [5.74, 6) is 0.111. The van der Waals surface area contributed by atoms with Crippen LogP contribution >= 0.6 is 12.4 Å². The number of benzene rings is 1. The second-order valence-corrected chi connectivity index (χ2v) is 7.27. The van der Waals surface area contributed by atoms with E-state index in [2.05, 4.69) is 31.3 Å². The van der Waals surface area contributed by atoms with E-state index in [1.165, 1.54) is 5.56 Å². The summed E-state index contributed by atoms with van der Waals surface area (Å²) in [5.41, 5.74) is 7.86. The van der Waals surface area contributed by atoms with Gasteiger partial charge in [0.1, 0.15) is 5.92 Å². The molecule has 0 spiro atoms. The average Bonchev–Trinajstić information content (AvgIpc) is 3.34. The lowest BCUT2D eigenvalue weighted by atomic mass is 10.0. The SMILES string of the molecule is CC(C)c1ccc(N2CCC(C(=O)NC(CN)C3CC3)C2=O)cc1.Cl. The van der Waals surface area contributed by atoms with Crippen molar-refractivity contribution < 1.29 is 9.59 Å². The number of halogens is 1. The number of carbonyl (C=O) groups is 2. The molecule has 1 aromatic carbocycles. The Morgan fingerprint density at radius 1 is 1.24 bits per heavy atom. The van der Waals surface area contributed by atoms with Gasteiger partial charge in [-0.25, -0.2) is 0 Å². The van der Waals surface area contributed by atoms with Crippen LogP contribution in [0.1, 0.15) is 44.6 Å². The van der Waals surface area contributed by atoms with Crippen LogP contribution in [0.25, 0.3) is 0 Å². The van der Waals surface area contributed by atoms with Gasteiger partial charge in [0.05, 0.1) is 0 Å². The maximum absolute atomic E-state index is 12.7. The minimum Gasteiger partial charge on any atom is -0.351 e. The number of nitrogens with zero attached hydrogens (tertiary/aromatic N) is 1. The molecule has 1 aliphatic heterocycles. The smallest absolute Gasteiger partial charge is 0.239 e. The van der Waals surface area contributed by atoms with E-state index in [0.29, 0.717) is 31.3 Å². The minimum absolute atomic E-state index is 0. The van der Waals surface area contributed by atoms with Gasteiger partial charge in [-0.05, 0) is 48.8 Å². The van der Waals surface area contributed by atoms with Crippen LogP contribution in [0.4, 0.5) is 5.69 Å². The van der Waals surface area contributed by atoms with Crippen LogP contribution in [0.3, 0.4) is 0 Å². The second-order valence-electron chi connectivity index (χ2n) is 7.27. The van der Waals surface area contributed by atoms with Crippen molar-refractivity contribution in [2.45, 2.75) is 45.1 Å². The Kier molecular flexibility index (Phi) is 6.47. The van der Waals surface area contributed by atoms with E-state index in [-0.39, 0.29) is 30.3 Å². The van der Waals surface area contributed by atoms with E-state index in [0.717, 1.165) is 18.5 Å². The molecule has 2 aliphatic rings. The van der Waals surface area contributed by atoms with Gasteiger partial charge in [-0.1, -0.05) is 26.0 Å². The lowest BCUT2D eigenvalue weighted by molar-refractivity contribution is -0.132. The molecule has 5 nitrogen and oxygen atoms in total. The molecule has 1 aromatic rings. The Balaban J connectivity index is 0.00000225. The number of amides is 2. The molecule has 1 saturated carbocycles. The highest BCUT2D eigenvalue weighted by Gasteiger charge is 2.40. The fraction of sp³-hybridized carbons (Fsp3) is 0.579. The van der Waals surface area contributed by atoms with Crippen LogP contribution in [0.2, 0.25) is 0 Å². The maximum Gasteiger partial charge on any atom is 0.239 e. The summed E-state index contributed by atoms with van der Waals surface area (Å²) in [6.45, 7) is 5.32. The summed E-state index contributed by atoms with van der Waals surface area (Å²) in [4.78, 5) is 26.8. The number of nitrogens with two attached hydrogens (primary N) is 1. The highest BCUT2D eigenvalue weighted by Crippen LogP contribution is 2.33. The lowest BCUT2D eigenvalue weighted by Gasteiger charge is -2.20. The minimum atomic E-state index is -0.581. The van der Waals surface area contributed by atoms with Crippen molar-refractivity contribution in [3.8, 4) is 0 Å². The van der Waals surface area contributed by atoms with Crippen LogP contribution in [0, 0.1) is 11.8 Å². The molecule has 3 N–H and O–H groups in total. The quantitative estimate of drug-likeness (QED) is 0.760. The standard InChI is InChI=1S/C19H27N3O2.ClH/c1-12(2)13-5-7-15(8-6-13)22-10-9-16(19(22)24)18(23)21-17(11-20)14-3-4-14;/h5-8,12,14,16-17H,3-4,9-11,20H2,1-2H3,(H,21,23);1H. The Morgan fingerprint density at radius 3 is 2.40 bits per heavy atom. The summed E-state index contributed by atoms with van der Waals surface area (Å²) < 4.78 is 0. The largest absolute Gasteiger partial charge is 0.351 e. The van der Waals surface area contributed by atoms with Crippen molar-refractivity contribution in [1.29, 1.82) is 0 Å². The van der Waals surface area contributed by atoms with Gasteiger partial charge in [0, 0.05) is 24.8 Å².